The van der Waals surface area contributed by atoms with Crippen molar-refractivity contribution < 1.29 is 9.13 Å². The lowest BCUT2D eigenvalue weighted by Gasteiger charge is -2.03. The van der Waals surface area contributed by atoms with Crippen LogP contribution in [0, 0.1) is 0 Å². The molecule has 6 heteroatoms. The zero-order chi connectivity index (χ0) is 13.1. The lowest BCUT2D eigenvalue weighted by Crippen LogP contribution is -2.34. The number of aromatic nitrogens is 4. The van der Waals surface area contributed by atoms with E-state index in [0.717, 1.165) is 25.0 Å². The van der Waals surface area contributed by atoms with Crippen LogP contribution in [0.3, 0.4) is 0 Å². The molecular weight excluding hydrogens is 228 g/mol. The molecule has 2 N–H and O–H groups in total. The number of hydrogen-bond donors (Lipinski definition) is 2. The zero-order valence-electron chi connectivity index (χ0n) is 11.5. The van der Waals surface area contributed by atoms with E-state index in [-0.39, 0.29) is 0 Å². The van der Waals surface area contributed by atoms with E-state index in [1.807, 2.05) is 53.0 Å². The minimum absolute atomic E-state index is 0.872. The van der Waals surface area contributed by atoms with Gasteiger partial charge in [0.15, 0.2) is 0 Å². The van der Waals surface area contributed by atoms with Gasteiger partial charge in [-0.25, -0.2) is 18.3 Å². The third-order valence-corrected chi connectivity index (χ3v) is 3.06. The minimum atomic E-state index is 0.872. The van der Waals surface area contributed by atoms with Crippen LogP contribution in [0.5, 0.6) is 0 Å². The molecule has 0 aliphatic carbocycles. The monoisotopic (exact) mass is 250 g/mol. The van der Waals surface area contributed by atoms with Crippen molar-refractivity contribution in [1.29, 1.82) is 0 Å². The quantitative estimate of drug-likeness (QED) is 0.557. The molecule has 2 aromatic heterocycles. The van der Waals surface area contributed by atoms with Gasteiger partial charge in [0.1, 0.15) is 0 Å². The number of aryl methyl sites for hydroxylation is 4. The van der Waals surface area contributed by atoms with Gasteiger partial charge in [-0.3, -0.25) is 10.6 Å². The van der Waals surface area contributed by atoms with Crippen molar-refractivity contribution in [3.8, 4) is 0 Å². The number of hydrogen-bond acceptors (Lipinski definition) is 2. The van der Waals surface area contributed by atoms with Crippen LogP contribution >= 0.6 is 0 Å². The van der Waals surface area contributed by atoms with Crippen molar-refractivity contribution in [2.24, 2.45) is 28.2 Å². The number of nitrogens with one attached hydrogen (secondary N) is 2. The van der Waals surface area contributed by atoms with Crippen molar-refractivity contribution in [3.63, 3.8) is 0 Å². The Balaban J connectivity index is 1.84. The van der Waals surface area contributed by atoms with Gasteiger partial charge in [0.2, 0.25) is 0 Å². The minimum Gasteiger partial charge on any atom is -0.274 e. The smallest absolute Gasteiger partial charge is 0.274 e. The first kappa shape index (κ1) is 12.5. The fourth-order valence-electron chi connectivity index (χ4n) is 2.03. The molecule has 0 radical (unpaired) electrons. The highest BCUT2D eigenvalue weighted by atomic mass is 15.3. The molecule has 0 fully saturated rings. The molecule has 0 saturated carbocycles. The largest absolute Gasteiger partial charge is 0.357 e. The van der Waals surface area contributed by atoms with Gasteiger partial charge in [-0.15, -0.1) is 0 Å². The van der Waals surface area contributed by atoms with Crippen molar-refractivity contribution in [1.82, 2.24) is 9.13 Å². The second-order valence-electron chi connectivity index (χ2n) is 4.54. The predicted octanol–water partition coefficient (Wildman–Crippen LogP) is -0.463. The summed E-state index contributed by atoms with van der Waals surface area (Å²) < 4.78 is 8.29. The van der Waals surface area contributed by atoms with Gasteiger partial charge < -0.3 is 0 Å². The fourth-order valence-corrected chi connectivity index (χ4v) is 2.03. The summed E-state index contributed by atoms with van der Waals surface area (Å²) in [6.07, 6.45) is 8.14. The summed E-state index contributed by atoms with van der Waals surface area (Å²) in [6, 6.07) is 0. The maximum absolute atomic E-state index is 3.41. The van der Waals surface area contributed by atoms with Gasteiger partial charge in [-0.2, -0.15) is 0 Å². The molecule has 0 saturated heterocycles. The average molecular weight is 250 g/mol. The second-order valence-corrected chi connectivity index (χ2v) is 4.54. The first-order valence-corrected chi connectivity index (χ1v) is 6.09. The Kier molecular flexibility index (Phi) is 3.55. The second kappa shape index (κ2) is 5.12. The van der Waals surface area contributed by atoms with Crippen LogP contribution in [-0.2, 0) is 28.2 Å². The number of nitrogens with zero attached hydrogens (tertiary/aromatic N) is 4. The molecule has 0 aromatic carbocycles. The van der Waals surface area contributed by atoms with E-state index in [2.05, 4.69) is 28.9 Å². The van der Waals surface area contributed by atoms with Crippen molar-refractivity contribution in [2.45, 2.75) is 0 Å². The molecule has 2 rings (SSSR count). The predicted molar refractivity (Wildman–Crippen MR) is 70.2 cm³/mol. The molecule has 2 heterocycles. The van der Waals surface area contributed by atoms with Gasteiger partial charge in [0.25, 0.3) is 0 Å². The highest BCUT2D eigenvalue weighted by Gasteiger charge is 2.12. The lowest BCUT2D eigenvalue weighted by molar-refractivity contribution is -0.656. The third-order valence-electron chi connectivity index (χ3n) is 3.06. The molecule has 0 spiro atoms. The van der Waals surface area contributed by atoms with Crippen LogP contribution in [0.2, 0.25) is 0 Å². The Morgan fingerprint density at radius 1 is 0.889 bits per heavy atom. The first-order chi connectivity index (χ1) is 8.59. The Labute approximate surface area is 107 Å². The Morgan fingerprint density at radius 3 is 1.56 bits per heavy atom. The van der Waals surface area contributed by atoms with E-state index in [1.165, 1.54) is 0 Å². The molecule has 6 nitrogen and oxygen atoms in total. The van der Waals surface area contributed by atoms with Crippen LogP contribution in [-0.4, -0.2) is 22.2 Å². The summed E-state index contributed by atoms with van der Waals surface area (Å²) >= 11 is 0. The van der Waals surface area contributed by atoms with E-state index in [4.69, 9.17) is 0 Å². The Hall–Kier alpha value is -1.98. The van der Waals surface area contributed by atoms with Crippen LogP contribution in [0.4, 0.5) is 11.9 Å². The number of imidazole rings is 2. The van der Waals surface area contributed by atoms with Crippen LogP contribution in [0.25, 0.3) is 0 Å². The van der Waals surface area contributed by atoms with Crippen molar-refractivity contribution in [3.05, 3.63) is 24.8 Å². The zero-order valence-corrected chi connectivity index (χ0v) is 11.5. The van der Waals surface area contributed by atoms with Gasteiger partial charge in [0.05, 0.1) is 66.1 Å². The number of anilines is 2. The molecule has 0 atom stereocenters. The van der Waals surface area contributed by atoms with Crippen LogP contribution in [0.15, 0.2) is 24.8 Å². The molecule has 0 aliphatic heterocycles. The molecule has 98 valence electrons. The summed E-state index contributed by atoms with van der Waals surface area (Å²) in [5.41, 5.74) is 0. The normalized spacial score (nSPS) is 10.7. The van der Waals surface area contributed by atoms with Gasteiger partial charge in [-0.05, 0) is 0 Å². The summed E-state index contributed by atoms with van der Waals surface area (Å²) in [5, 5.41) is 6.81. The Bertz CT molecular complexity index is 437. The van der Waals surface area contributed by atoms with Crippen molar-refractivity contribution >= 4 is 11.9 Å². The molecule has 0 amide bonds. The van der Waals surface area contributed by atoms with Gasteiger partial charge in [0, 0.05) is 0 Å². The lowest BCUT2D eigenvalue weighted by atomic mass is 10.6. The topological polar surface area (TPSA) is 41.7 Å². The maximum atomic E-state index is 3.41. The Morgan fingerprint density at radius 2 is 1.28 bits per heavy atom. The summed E-state index contributed by atoms with van der Waals surface area (Å²) in [5.74, 6) is 2.21. The van der Waals surface area contributed by atoms with E-state index in [9.17, 15) is 0 Å². The van der Waals surface area contributed by atoms with E-state index >= 15 is 0 Å². The highest BCUT2D eigenvalue weighted by Crippen LogP contribution is 1.99. The van der Waals surface area contributed by atoms with Gasteiger partial charge >= 0.3 is 11.9 Å². The number of rotatable bonds is 5. The summed E-state index contributed by atoms with van der Waals surface area (Å²) in [6.45, 7) is 1.74. The highest BCUT2D eigenvalue weighted by molar-refractivity contribution is 5.22. The van der Waals surface area contributed by atoms with Gasteiger partial charge in [-0.1, -0.05) is 0 Å². The molecule has 0 unspecified atom stereocenters. The van der Waals surface area contributed by atoms with E-state index in [0.29, 0.717) is 0 Å². The SMILES string of the molecule is Cn1cc[n+](C)c1NCCNc1n(C)cc[n+]1C. The average Bonchev–Trinajstić information content (AvgIpc) is 2.82. The summed E-state index contributed by atoms with van der Waals surface area (Å²) in [7, 11) is 8.14. The maximum Gasteiger partial charge on any atom is 0.357 e. The third kappa shape index (κ3) is 2.47. The summed E-state index contributed by atoms with van der Waals surface area (Å²) in [4.78, 5) is 0. The first-order valence-electron chi connectivity index (χ1n) is 6.09. The molecule has 2 aromatic rings. The van der Waals surface area contributed by atoms with E-state index in [1.54, 1.807) is 0 Å². The van der Waals surface area contributed by atoms with Crippen LogP contribution in [0.1, 0.15) is 0 Å². The fraction of sp³-hybridized carbons (Fsp3) is 0.500. The molecule has 18 heavy (non-hydrogen) atoms. The standard InChI is InChI=1S/C12H20N6/c1-15-7-8-16(2)11(15)13-5-6-14-12-17(3)9-10-18(12)4/h7-10H,5-6H2,1-4H3/p+2. The van der Waals surface area contributed by atoms with E-state index < -0.39 is 0 Å². The molecule has 0 bridgehead atoms. The molecular formula is C12H22N6+2. The van der Waals surface area contributed by atoms with Crippen molar-refractivity contribution in [2.75, 3.05) is 23.7 Å². The molecule has 0 aliphatic rings. The van der Waals surface area contributed by atoms with Crippen LogP contribution < -0.4 is 19.8 Å².